The van der Waals surface area contributed by atoms with Crippen LogP contribution in [0.25, 0.3) is 0 Å². The molecule has 0 heterocycles. The topological polar surface area (TPSA) is 21.7 Å². The first kappa shape index (κ1) is 31.1. The Labute approximate surface area is 201 Å². The van der Waals surface area contributed by atoms with Gasteiger partial charge in [0, 0.05) is 13.2 Å². The fraction of sp³-hybridized carbons (Fsp3) is 0.793. The maximum absolute atomic E-state index is 6.01. The molecule has 0 aliphatic carbocycles. The number of unbranched alkanes of at least 4 members (excludes halogenated alkanes) is 9. The van der Waals surface area contributed by atoms with Gasteiger partial charge in [0.1, 0.15) is 0 Å². The number of hydrogen-bond donors (Lipinski definition) is 0. The van der Waals surface area contributed by atoms with Crippen molar-refractivity contribution in [3.8, 4) is 0 Å². The average Bonchev–Trinajstić information content (AvgIpc) is 2.77. The molecule has 1 unspecified atom stereocenters. The van der Waals surface area contributed by atoms with E-state index in [-0.39, 0.29) is 6.10 Å². The van der Waals surface area contributed by atoms with Crippen LogP contribution in [0.4, 0.5) is 0 Å². The van der Waals surface area contributed by atoms with Crippen LogP contribution in [-0.2, 0) is 9.47 Å². The highest BCUT2D eigenvalue weighted by molar-refractivity contribution is 4.92. The van der Waals surface area contributed by atoms with E-state index < -0.39 is 0 Å². The standard InChI is InChI=1S/C29H55NO2/c1-5-7-9-11-12-13-14-15-16-17-18-19-20-21-22-23-25-31-28-29(27-30(3)4)32-26-24-10-8-6-2/h8,10,12-13,15-16,29H,5-7,9,11,14,17-28H2,1-4H3/b10-8-,13-12-,16-15-. The zero-order valence-corrected chi connectivity index (χ0v) is 22.0. The van der Waals surface area contributed by atoms with Gasteiger partial charge in [-0.3, -0.25) is 0 Å². The molecule has 0 spiro atoms. The normalized spacial score (nSPS) is 13.4. The summed E-state index contributed by atoms with van der Waals surface area (Å²) in [7, 11) is 4.19. The lowest BCUT2D eigenvalue weighted by Crippen LogP contribution is -2.32. The smallest absolute Gasteiger partial charge is 0.0934 e. The van der Waals surface area contributed by atoms with Crippen LogP contribution in [0.3, 0.4) is 0 Å². The lowest BCUT2D eigenvalue weighted by atomic mass is 10.1. The molecule has 0 aliphatic rings. The largest absolute Gasteiger partial charge is 0.379 e. The van der Waals surface area contributed by atoms with Crippen LogP contribution in [0.5, 0.6) is 0 Å². The first-order valence-electron chi connectivity index (χ1n) is 13.5. The summed E-state index contributed by atoms with van der Waals surface area (Å²) in [5.74, 6) is 0. The minimum absolute atomic E-state index is 0.171. The van der Waals surface area contributed by atoms with Crippen LogP contribution < -0.4 is 0 Å². The molecule has 0 N–H and O–H groups in total. The Morgan fingerprint density at radius 1 is 0.656 bits per heavy atom. The third-order valence-corrected chi connectivity index (χ3v) is 5.40. The lowest BCUT2D eigenvalue weighted by Gasteiger charge is -2.21. The van der Waals surface area contributed by atoms with Crippen molar-refractivity contribution in [2.75, 3.05) is 40.5 Å². The number of ether oxygens (including phenoxy) is 2. The lowest BCUT2D eigenvalue weighted by molar-refractivity contribution is -0.0261. The second kappa shape index (κ2) is 26.4. The summed E-state index contributed by atoms with van der Waals surface area (Å²) in [6.45, 7) is 7.68. The van der Waals surface area contributed by atoms with E-state index in [9.17, 15) is 0 Å². The Bertz CT molecular complexity index is 442. The molecule has 0 rings (SSSR count). The molecule has 0 bridgehead atoms. The summed E-state index contributed by atoms with van der Waals surface area (Å²) in [6.07, 6.45) is 31.4. The molecule has 0 radical (unpaired) electrons. The fourth-order valence-corrected chi connectivity index (χ4v) is 3.56. The number of nitrogens with zero attached hydrogens (tertiary/aromatic N) is 1. The van der Waals surface area contributed by atoms with Crippen LogP contribution in [0.2, 0.25) is 0 Å². The Morgan fingerprint density at radius 2 is 1.28 bits per heavy atom. The van der Waals surface area contributed by atoms with Crippen molar-refractivity contribution in [1.82, 2.24) is 4.90 Å². The summed E-state index contributed by atoms with van der Waals surface area (Å²) in [4.78, 5) is 2.18. The van der Waals surface area contributed by atoms with Gasteiger partial charge in [-0.2, -0.15) is 0 Å². The minimum Gasteiger partial charge on any atom is -0.379 e. The van der Waals surface area contributed by atoms with E-state index in [1.54, 1.807) is 0 Å². The average molecular weight is 450 g/mol. The molecule has 0 saturated heterocycles. The molecule has 0 saturated carbocycles. The molecule has 3 nitrogen and oxygen atoms in total. The van der Waals surface area contributed by atoms with E-state index in [1.165, 1.54) is 70.6 Å². The Hall–Kier alpha value is -0.900. The molecule has 3 heteroatoms. The highest BCUT2D eigenvalue weighted by atomic mass is 16.5. The predicted octanol–water partition coefficient (Wildman–Crippen LogP) is 8.12. The molecular formula is C29H55NO2. The van der Waals surface area contributed by atoms with Gasteiger partial charge in [0.2, 0.25) is 0 Å². The van der Waals surface area contributed by atoms with Crippen molar-refractivity contribution < 1.29 is 9.47 Å². The van der Waals surface area contributed by atoms with Gasteiger partial charge in [-0.15, -0.1) is 0 Å². The quantitative estimate of drug-likeness (QED) is 0.110. The van der Waals surface area contributed by atoms with Crippen LogP contribution in [0.1, 0.15) is 104 Å². The Morgan fingerprint density at radius 3 is 1.94 bits per heavy atom. The molecular weight excluding hydrogens is 394 g/mol. The summed E-state index contributed by atoms with van der Waals surface area (Å²) in [5.41, 5.74) is 0. The molecule has 0 aromatic heterocycles. The van der Waals surface area contributed by atoms with Gasteiger partial charge in [0.25, 0.3) is 0 Å². The summed E-state index contributed by atoms with van der Waals surface area (Å²) in [5, 5.41) is 0. The molecule has 188 valence electrons. The minimum atomic E-state index is 0.171. The molecule has 0 aromatic rings. The number of allylic oxidation sites excluding steroid dienone is 5. The van der Waals surface area contributed by atoms with Gasteiger partial charge in [-0.05, 0) is 65.5 Å². The maximum atomic E-state index is 6.01. The fourth-order valence-electron chi connectivity index (χ4n) is 3.56. The predicted molar refractivity (Wildman–Crippen MR) is 143 cm³/mol. The van der Waals surface area contributed by atoms with Gasteiger partial charge < -0.3 is 14.4 Å². The van der Waals surface area contributed by atoms with Gasteiger partial charge in [-0.1, -0.05) is 88.8 Å². The highest BCUT2D eigenvalue weighted by Gasteiger charge is 2.10. The van der Waals surface area contributed by atoms with Crippen molar-refractivity contribution in [2.45, 2.75) is 110 Å². The zero-order chi connectivity index (χ0) is 23.5. The highest BCUT2D eigenvalue weighted by Crippen LogP contribution is 2.09. The SMILES string of the molecule is CC/C=C\CCOC(COCCCCCCCC/C=C\C/C=C\CCCCC)CN(C)C. The van der Waals surface area contributed by atoms with Gasteiger partial charge in [-0.25, -0.2) is 0 Å². The number of hydrogen-bond acceptors (Lipinski definition) is 3. The van der Waals surface area contributed by atoms with Gasteiger partial charge in [0.15, 0.2) is 0 Å². The van der Waals surface area contributed by atoms with E-state index in [2.05, 4.69) is 69.3 Å². The first-order chi connectivity index (χ1) is 15.7. The summed E-state index contributed by atoms with van der Waals surface area (Å²) in [6, 6.07) is 0. The van der Waals surface area contributed by atoms with E-state index in [0.717, 1.165) is 39.0 Å². The van der Waals surface area contributed by atoms with Crippen LogP contribution in [0.15, 0.2) is 36.5 Å². The van der Waals surface area contributed by atoms with Crippen LogP contribution in [-0.4, -0.2) is 51.5 Å². The van der Waals surface area contributed by atoms with E-state index in [4.69, 9.17) is 9.47 Å². The molecule has 0 aromatic carbocycles. The molecule has 0 aliphatic heterocycles. The second-order valence-electron chi connectivity index (χ2n) is 9.08. The van der Waals surface area contributed by atoms with E-state index in [1.807, 2.05) is 0 Å². The molecule has 32 heavy (non-hydrogen) atoms. The van der Waals surface area contributed by atoms with Crippen molar-refractivity contribution in [1.29, 1.82) is 0 Å². The molecule has 0 fully saturated rings. The first-order valence-corrected chi connectivity index (χ1v) is 13.5. The Kier molecular flexibility index (Phi) is 25.6. The van der Waals surface area contributed by atoms with Crippen molar-refractivity contribution in [3.63, 3.8) is 0 Å². The molecule has 1 atom stereocenters. The Balaban J connectivity index is 3.51. The maximum Gasteiger partial charge on any atom is 0.0934 e. The zero-order valence-electron chi connectivity index (χ0n) is 22.0. The van der Waals surface area contributed by atoms with Crippen LogP contribution >= 0.6 is 0 Å². The number of likely N-dealkylation sites (N-methyl/N-ethyl adjacent to an activating group) is 1. The monoisotopic (exact) mass is 449 g/mol. The third kappa shape index (κ3) is 25.4. The van der Waals surface area contributed by atoms with Crippen LogP contribution in [0, 0.1) is 0 Å². The van der Waals surface area contributed by atoms with Crippen molar-refractivity contribution in [3.05, 3.63) is 36.5 Å². The second-order valence-corrected chi connectivity index (χ2v) is 9.08. The van der Waals surface area contributed by atoms with Gasteiger partial charge in [0.05, 0.1) is 19.3 Å². The summed E-state index contributed by atoms with van der Waals surface area (Å²) < 4.78 is 11.9. The third-order valence-electron chi connectivity index (χ3n) is 5.40. The van der Waals surface area contributed by atoms with E-state index >= 15 is 0 Å². The van der Waals surface area contributed by atoms with Gasteiger partial charge >= 0.3 is 0 Å². The van der Waals surface area contributed by atoms with E-state index in [0.29, 0.717) is 6.61 Å². The summed E-state index contributed by atoms with van der Waals surface area (Å²) >= 11 is 0. The van der Waals surface area contributed by atoms with Crippen molar-refractivity contribution >= 4 is 0 Å². The number of rotatable bonds is 24. The molecule has 0 amide bonds. The van der Waals surface area contributed by atoms with Crippen molar-refractivity contribution in [2.24, 2.45) is 0 Å².